The molecule has 1 aromatic rings. The van der Waals surface area contributed by atoms with E-state index in [9.17, 15) is 9.59 Å². The molecule has 21 heavy (non-hydrogen) atoms. The second-order valence-corrected chi connectivity index (χ2v) is 5.57. The van der Waals surface area contributed by atoms with Crippen LogP contribution in [0.3, 0.4) is 0 Å². The summed E-state index contributed by atoms with van der Waals surface area (Å²) in [5, 5.41) is 2.79. The Balaban J connectivity index is 2.94. The quantitative estimate of drug-likeness (QED) is 0.813. The van der Waals surface area contributed by atoms with Gasteiger partial charge in [-0.05, 0) is 51.8 Å². The Kier molecular flexibility index (Phi) is 5.76. The zero-order chi connectivity index (χ0) is 16.2. The first kappa shape index (κ1) is 17.0. The zero-order valence-electron chi connectivity index (χ0n) is 13.5. The van der Waals surface area contributed by atoms with Crippen LogP contribution in [0.4, 0.5) is 5.69 Å². The fourth-order valence-electron chi connectivity index (χ4n) is 2.14. The van der Waals surface area contributed by atoms with E-state index in [0.717, 1.165) is 11.1 Å². The summed E-state index contributed by atoms with van der Waals surface area (Å²) >= 11 is 0. The van der Waals surface area contributed by atoms with Crippen LogP contribution in [-0.2, 0) is 4.79 Å². The highest BCUT2D eigenvalue weighted by Gasteiger charge is 2.20. The number of nitrogens with two attached hydrogens (primary N) is 1. The van der Waals surface area contributed by atoms with E-state index in [4.69, 9.17) is 5.73 Å². The van der Waals surface area contributed by atoms with Gasteiger partial charge in [0, 0.05) is 23.8 Å². The lowest BCUT2D eigenvalue weighted by molar-refractivity contribution is -0.122. The highest BCUT2D eigenvalue weighted by atomic mass is 16.2. The molecular formula is C16H25N3O2. The van der Waals surface area contributed by atoms with Gasteiger partial charge in [0.25, 0.3) is 5.91 Å². The van der Waals surface area contributed by atoms with Crippen molar-refractivity contribution in [3.63, 3.8) is 0 Å². The number of nitrogens with one attached hydrogen (secondary N) is 1. The first-order valence-electron chi connectivity index (χ1n) is 7.21. The first-order valence-corrected chi connectivity index (χ1v) is 7.21. The largest absolute Gasteiger partial charge is 0.398 e. The van der Waals surface area contributed by atoms with E-state index in [1.54, 1.807) is 6.07 Å². The summed E-state index contributed by atoms with van der Waals surface area (Å²) in [7, 11) is 0. The van der Waals surface area contributed by atoms with Gasteiger partial charge in [-0.15, -0.1) is 0 Å². The maximum absolute atomic E-state index is 12.6. The van der Waals surface area contributed by atoms with E-state index in [1.807, 2.05) is 40.7 Å². The molecule has 3 N–H and O–H groups in total. The summed E-state index contributed by atoms with van der Waals surface area (Å²) in [5.41, 5.74) is 8.85. The van der Waals surface area contributed by atoms with E-state index in [1.165, 1.54) is 4.90 Å². The lowest BCUT2D eigenvalue weighted by atomic mass is 10.0. The lowest BCUT2D eigenvalue weighted by Crippen LogP contribution is -2.42. The highest BCUT2D eigenvalue weighted by Crippen LogP contribution is 2.19. The van der Waals surface area contributed by atoms with Crippen LogP contribution < -0.4 is 11.1 Å². The molecule has 0 saturated heterocycles. The normalized spacial score (nSPS) is 10.6. The van der Waals surface area contributed by atoms with E-state index >= 15 is 0 Å². The van der Waals surface area contributed by atoms with Gasteiger partial charge in [-0.25, -0.2) is 0 Å². The first-order chi connectivity index (χ1) is 9.76. The van der Waals surface area contributed by atoms with Gasteiger partial charge in [0.05, 0.1) is 6.54 Å². The Labute approximate surface area is 126 Å². The predicted molar refractivity (Wildman–Crippen MR) is 85.2 cm³/mol. The minimum absolute atomic E-state index is 0.0563. The lowest BCUT2D eigenvalue weighted by Gasteiger charge is -2.22. The molecule has 2 amide bonds. The molecule has 1 rings (SSSR count). The monoisotopic (exact) mass is 291 g/mol. The maximum Gasteiger partial charge on any atom is 0.254 e. The topological polar surface area (TPSA) is 75.4 Å². The molecule has 5 heteroatoms. The van der Waals surface area contributed by atoms with Gasteiger partial charge >= 0.3 is 0 Å². The number of carbonyl (C=O) groups is 2. The van der Waals surface area contributed by atoms with Crippen LogP contribution >= 0.6 is 0 Å². The third kappa shape index (κ3) is 4.48. The van der Waals surface area contributed by atoms with Gasteiger partial charge < -0.3 is 16.0 Å². The third-order valence-corrected chi connectivity index (χ3v) is 3.30. The smallest absolute Gasteiger partial charge is 0.254 e. The van der Waals surface area contributed by atoms with E-state index < -0.39 is 0 Å². The summed E-state index contributed by atoms with van der Waals surface area (Å²) < 4.78 is 0. The fourth-order valence-corrected chi connectivity index (χ4v) is 2.14. The number of anilines is 1. The second-order valence-electron chi connectivity index (χ2n) is 5.57. The van der Waals surface area contributed by atoms with Crippen molar-refractivity contribution in [1.29, 1.82) is 0 Å². The van der Waals surface area contributed by atoms with Crippen LogP contribution in [0.15, 0.2) is 12.1 Å². The molecule has 5 nitrogen and oxygen atoms in total. The van der Waals surface area contributed by atoms with Crippen LogP contribution in [0.1, 0.15) is 42.3 Å². The van der Waals surface area contributed by atoms with Gasteiger partial charge in [0.15, 0.2) is 0 Å². The minimum Gasteiger partial charge on any atom is -0.398 e. The van der Waals surface area contributed by atoms with Crippen molar-refractivity contribution in [2.75, 3.05) is 18.8 Å². The van der Waals surface area contributed by atoms with Gasteiger partial charge in [0.2, 0.25) is 5.91 Å². The van der Waals surface area contributed by atoms with Crippen LogP contribution in [0.25, 0.3) is 0 Å². The fraction of sp³-hybridized carbons (Fsp3) is 0.500. The molecule has 116 valence electrons. The molecule has 0 aliphatic rings. The van der Waals surface area contributed by atoms with E-state index in [2.05, 4.69) is 5.32 Å². The van der Waals surface area contributed by atoms with Gasteiger partial charge in [-0.1, -0.05) is 6.07 Å². The van der Waals surface area contributed by atoms with Crippen molar-refractivity contribution >= 4 is 17.5 Å². The minimum atomic E-state index is -0.166. The van der Waals surface area contributed by atoms with Crippen molar-refractivity contribution in [2.45, 2.75) is 40.7 Å². The molecule has 1 aromatic carbocycles. The zero-order valence-corrected chi connectivity index (χ0v) is 13.5. The summed E-state index contributed by atoms with van der Waals surface area (Å²) in [5.74, 6) is -0.321. The molecule has 0 unspecified atom stereocenters. The number of nitrogens with zero attached hydrogens (tertiary/aromatic N) is 1. The molecule has 0 spiro atoms. The molecule has 0 atom stereocenters. The standard InChI is InChI=1S/C16H25N3O2/c1-6-19(9-15(20)18-10(2)3)16(21)13-8-14(17)12(5)7-11(13)4/h7-8,10H,6,9,17H2,1-5H3,(H,18,20). The summed E-state index contributed by atoms with van der Waals surface area (Å²) in [6, 6.07) is 3.64. The Morgan fingerprint density at radius 1 is 1.24 bits per heavy atom. The van der Waals surface area contributed by atoms with Crippen LogP contribution in [0.2, 0.25) is 0 Å². The number of aryl methyl sites for hydroxylation is 2. The van der Waals surface area contributed by atoms with Crippen molar-refractivity contribution in [2.24, 2.45) is 0 Å². The van der Waals surface area contributed by atoms with E-state index in [-0.39, 0.29) is 24.4 Å². The molecular weight excluding hydrogens is 266 g/mol. The average Bonchev–Trinajstić information content (AvgIpc) is 2.38. The number of carbonyl (C=O) groups excluding carboxylic acids is 2. The number of likely N-dealkylation sites (N-methyl/N-ethyl adjacent to an activating group) is 1. The third-order valence-electron chi connectivity index (χ3n) is 3.30. The molecule has 0 radical (unpaired) electrons. The summed E-state index contributed by atoms with van der Waals surface area (Å²) in [6.45, 7) is 9.94. The second kappa shape index (κ2) is 7.11. The van der Waals surface area contributed by atoms with Gasteiger partial charge in [-0.2, -0.15) is 0 Å². The molecule has 0 saturated carbocycles. The Hall–Kier alpha value is -2.04. The Bertz CT molecular complexity index is 539. The molecule has 0 aliphatic heterocycles. The van der Waals surface area contributed by atoms with Crippen molar-refractivity contribution in [1.82, 2.24) is 10.2 Å². The molecule has 0 aromatic heterocycles. The number of hydrogen-bond donors (Lipinski definition) is 2. The number of hydrogen-bond acceptors (Lipinski definition) is 3. The summed E-state index contributed by atoms with van der Waals surface area (Å²) in [6.07, 6.45) is 0. The Morgan fingerprint density at radius 3 is 2.38 bits per heavy atom. The van der Waals surface area contributed by atoms with Crippen molar-refractivity contribution in [3.05, 3.63) is 28.8 Å². The highest BCUT2D eigenvalue weighted by molar-refractivity contribution is 5.98. The number of amides is 2. The predicted octanol–water partition coefficient (Wildman–Crippen LogP) is 1.87. The van der Waals surface area contributed by atoms with Gasteiger partial charge in [0.1, 0.15) is 0 Å². The van der Waals surface area contributed by atoms with Crippen molar-refractivity contribution in [3.8, 4) is 0 Å². The van der Waals surface area contributed by atoms with E-state index in [0.29, 0.717) is 17.8 Å². The maximum atomic E-state index is 12.6. The molecule has 0 fully saturated rings. The summed E-state index contributed by atoms with van der Waals surface area (Å²) in [4.78, 5) is 25.9. The van der Waals surface area contributed by atoms with Crippen LogP contribution in [0.5, 0.6) is 0 Å². The molecule has 0 bridgehead atoms. The van der Waals surface area contributed by atoms with Crippen molar-refractivity contribution < 1.29 is 9.59 Å². The Morgan fingerprint density at radius 2 is 1.86 bits per heavy atom. The van der Waals surface area contributed by atoms with Crippen LogP contribution in [-0.4, -0.2) is 35.8 Å². The van der Waals surface area contributed by atoms with Crippen LogP contribution in [0, 0.1) is 13.8 Å². The average molecular weight is 291 g/mol. The molecule has 0 aliphatic carbocycles. The number of rotatable bonds is 5. The SMILES string of the molecule is CCN(CC(=O)NC(C)C)C(=O)c1cc(N)c(C)cc1C. The number of benzene rings is 1. The molecule has 0 heterocycles. The van der Waals surface area contributed by atoms with Gasteiger partial charge in [-0.3, -0.25) is 9.59 Å². The number of nitrogen functional groups attached to an aromatic ring is 1.